The number of H-pyrrole nitrogens is 1. The average molecular weight is 450 g/mol. The first-order chi connectivity index (χ1) is 15.2. The van der Waals surface area contributed by atoms with Crippen LogP contribution in [0.3, 0.4) is 0 Å². The van der Waals surface area contributed by atoms with Crippen molar-refractivity contribution in [1.82, 2.24) is 20.1 Å². The molecule has 2 aromatic heterocycles. The second-order valence-electron chi connectivity index (χ2n) is 6.87. The number of hydrogen-bond donors (Lipinski definition) is 2. The maximum atomic E-state index is 13.1. The first-order valence-corrected chi connectivity index (χ1v) is 9.48. The Balaban J connectivity index is 0.000000360. The van der Waals surface area contributed by atoms with Crippen LogP contribution < -0.4 is 0 Å². The van der Waals surface area contributed by atoms with E-state index >= 15 is 0 Å². The van der Waals surface area contributed by atoms with Crippen molar-refractivity contribution in [3.8, 4) is 11.3 Å². The topological polar surface area (TPSA) is 99.2 Å². The Morgan fingerprint density at radius 2 is 1.72 bits per heavy atom. The van der Waals surface area contributed by atoms with Crippen molar-refractivity contribution in [3.05, 3.63) is 71.4 Å². The zero-order valence-corrected chi connectivity index (χ0v) is 16.6. The highest BCUT2D eigenvalue weighted by Gasteiger charge is 2.38. The number of alkyl halides is 3. The fraction of sp³-hybridized carbons (Fsp3) is 0.238. The van der Waals surface area contributed by atoms with Gasteiger partial charge in [0.2, 0.25) is 0 Å². The summed E-state index contributed by atoms with van der Waals surface area (Å²) in [6.07, 6.45) is -0.112. The van der Waals surface area contributed by atoms with E-state index in [-0.39, 0.29) is 11.7 Å². The van der Waals surface area contributed by atoms with Gasteiger partial charge >= 0.3 is 12.1 Å². The molecule has 1 aliphatic rings. The normalized spacial score (nSPS) is 13.4. The number of aliphatic carboxylic acids is 1. The molecule has 0 fully saturated rings. The monoisotopic (exact) mass is 450 g/mol. The SMILES string of the molecule is O=C(O)C(F)(F)F.O=C(c1ccc(F)cc1)N1CCc2[nH]nc(-c3cccnc3)c2CC1. The highest BCUT2D eigenvalue weighted by molar-refractivity contribution is 5.94. The molecule has 7 nitrogen and oxygen atoms in total. The molecule has 32 heavy (non-hydrogen) atoms. The Bertz CT molecular complexity index is 1080. The van der Waals surface area contributed by atoms with Crippen molar-refractivity contribution in [3.63, 3.8) is 0 Å². The lowest BCUT2D eigenvalue weighted by molar-refractivity contribution is -0.192. The van der Waals surface area contributed by atoms with Crippen molar-refractivity contribution in [1.29, 1.82) is 0 Å². The van der Waals surface area contributed by atoms with Gasteiger partial charge in [-0.25, -0.2) is 9.18 Å². The molecule has 0 atom stereocenters. The van der Waals surface area contributed by atoms with Gasteiger partial charge in [0.25, 0.3) is 5.91 Å². The first kappa shape index (κ1) is 22.9. The number of aromatic amines is 1. The number of fused-ring (bicyclic) bond motifs is 1. The lowest BCUT2D eigenvalue weighted by atomic mass is 10.0. The van der Waals surface area contributed by atoms with Crippen molar-refractivity contribution >= 4 is 11.9 Å². The average Bonchev–Trinajstić information content (AvgIpc) is 3.05. The van der Waals surface area contributed by atoms with E-state index in [0.29, 0.717) is 18.7 Å². The number of aromatic nitrogens is 3. The summed E-state index contributed by atoms with van der Waals surface area (Å²) in [5, 5.41) is 14.7. The standard InChI is InChI=1S/C19H17FN4O.C2HF3O2/c20-15-5-3-13(4-6-15)19(25)24-10-7-16-17(8-11-24)22-23-18(16)14-2-1-9-21-12-14;3-2(4,5)1(6)7/h1-6,9,12H,7-8,10-11H2,(H,22,23);(H,6,7). The fourth-order valence-electron chi connectivity index (χ4n) is 3.20. The van der Waals surface area contributed by atoms with Gasteiger partial charge in [0, 0.05) is 54.3 Å². The first-order valence-electron chi connectivity index (χ1n) is 9.48. The van der Waals surface area contributed by atoms with E-state index in [0.717, 1.165) is 35.4 Å². The molecule has 3 heterocycles. The number of hydrogen-bond acceptors (Lipinski definition) is 4. The Labute approximate surface area is 179 Å². The Morgan fingerprint density at radius 1 is 1.06 bits per heavy atom. The minimum absolute atomic E-state index is 0.0685. The number of rotatable bonds is 2. The molecule has 0 aliphatic carbocycles. The minimum Gasteiger partial charge on any atom is -0.475 e. The number of carboxylic acids is 1. The maximum Gasteiger partial charge on any atom is 0.490 e. The predicted octanol–water partition coefficient (Wildman–Crippen LogP) is 3.49. The lowest BCUT2D eigenvalue weighted by Gasteiger charge is -2.20. The third-order valence-electron chi connectivity index (χ3n) is 4.77. The maximum absolute atomic E-state index is 13.1. The number of amides is 1. The van der Waals surface area contributed by atoms with E-state index in [2.05, 4.69) is 15.2 Å². The van der Waals surface area contributed by atoms with Gasteiger partial charge < -0.3 is 10.0 Å². The van der Waals surface area contributed by atoms with Crippen LogP contribution in [0.25, 0.3) is 11.3 Å². The van der Waals surface area contributed by atoms with Crippen LogP contribution in [-0.2, 0) is 17.6 Å². The van der Waals surface area contributed by atoms with E-state index < -0.39 is 12.1 Å². The van der Waals surface area contributed by atoms with Gasteiger partial charge in [-0.1, -0.05) is 0 Å². The van der Waals surface area contributed by atoms with Gasteiger partial charge in [-0.2, -0.15) is 18.3 Å². The highest BCUT2D eigenvalue weighted by Crippen LogP contribution is 2.26. The predicted molar refractivity (Wildman–Crippen MR) is 105 cm³/mol. The molecular formula is C21H18F4N4O3. The van der Waals surface area contributed by atoms with Gasteiger partial charge in [0.05, 0.1) is 5.69 Å². The van der Waals surface area contributed by atoms with Gasteiger partial charge in [-0.05, 0) is 42.8 Å². The second-order valence-corrected chi connectivity index (χ2v) is 6.87. The smallest absolute Gasteiger partial charge is 0.475 e. The summed E-state index contributed by atoms with van der Waals surface area (Å²) < 4.78 is 44.8. The fourth-order valence-corrected chi connectivity index (χ4v) is 3.20. The number of carbonyl (C=O) groups excluding carboxylic acids is 1. The largest absolute Gasteiger partial charge is 0.490 e. The summed E-state index contributed by atoms with van der Waals surface area (Å²) in [5.74, 6) is -3.16. The molecule has 3 aromatic rings. The number of halogens is 4. The second kappa shape index (κ2) is 9.58. The van der Waals surface area contributed by atoms with E-state index in [4.69, 9.17) is 9.90 Å². The number of benzene rings is 1. The molecule has 11 heteroatoms. The van der Waals surface area contributed by atoms with Crippen LogP contribution in [0.2, 0.25) is 0 Å². The summed E-state index contributed by atoms with van der Waals surface area (Å²) in [4.78, 5) is 27.5. The van der Waals surface area contributed by atoms with Crippen molar-refractivity contribution in [2.24, 2.45) is 0 Å². The van der Waals surface area contributed by atoms with Crippen LogP contribution in [0, 0.1) is 5.82 Å². The van der Waals surface area contributed by atoms with Crippen molar-refractivity contribution < 1.29 is 32.3 Å². The summed E-state index contributed by atoms with van der Waals surface area (Å²) >= 11 is 0. The van der Waals surface area contributed by atoms with Crippen LogP contribution in [0.4, 0.5) is 17.6 Å². The van der Waals surface area contributed by atoms with E-state index in [1.54, 1.807) is 12.4 Å². The number of carboxylic acid groups (broad SMARTS) is 1. The van der Waals surface area contributed by atoms with Crippen molar-refractivity contribution in [2.75, 3.05) is 13.1 Å². The third-order valence-corrected chi connectivity index (χ3v) is 4.77. The summed E-state index contributed by atoms with van der Waals surface area (Å²) in [6, 6.07) is 9.57. The van der Waals surface area contributed by atoms with Gasteiger partial charge in [0.1, 0.15) is 5.82 Å². The van der Waals surface area contributed by atoms with Gasteiger partial charge in [0.15, 0.2) is 0 Å². The molecule has 1 aromatic carbocycles. The van der Waals surface area contributed by atoms with Gasteiger partial charge in [-0.15, -0.1) is 0 Å². The molecule has 0 saturated carbocycles. The molecule has 168 valence electrons. The van der Waals surface area contributed by atoms with Gasteiger partial charge in [-0.3, -0.25) is 14.9 Å². The Hall–Kier alpha value is -3.76. The number of nitrogens with one attached hydrogen (secondary N) is 1. The Morgan fingerprint density at radius 3 is 2.31 bits per heavy atom. The van der Waals surface area contributed by atoms with E-state index in [1.165, 1.54) is 24.3 Å². The van der Waals surface area contributed by atoms with E-state index in [9.17, 15) is 22.4 Å². The van der Waals surface area contributed by atoms with Crippen LogP contribution in [-0.4, -0.2) is 56.3 Å². The molecule has 0 spiro atoms. The molecule has 0 radical (unpaired) electrons. The minimum atomic E-state index is -5.08. The van der Waals surface area contributed by atoms with Crippen LogP contribution >= 0.6 is 0 Å². The van der Waals surface area contributed by atoms with Crippen LogP contribution in [0.5, 0.6) is 0 Å². The summed E-state index contributed by atoms with van der Waals surface area (Å²) in [5.41, 5.74) is 4.59. The zero-order chi connectivity index (χ0) is 23.3. The third kappa shape index (κ3) is 5.48. The lowest BCUT2D eigenvalue weighted by Crippen LogP contribution is -2.33. The molecule has 0 bridgehead atoms. The van der Waals surface area contributed by atoms with Crippen LogP contribution in [0.15, 0.2) is 48.8 Å². The van der Waals surface area contributed by atoms with E-state index in [1.807, 2.05) is 17.0 Å². The number of carbonyl (C=O) groups is 2. The summed E-state index contributed by atoms with van der Waals surface area (Å²) in [7, 11) is 0. The quantitative estimate of drug-likeness (QED) is 0.583. The molecule has 0 unspecified atom stereocenters. The molecule has 4 rings (SSSR count). The number of pyridine rings is 1. The number of nitrogens with zero attached hydrogens (tertiary/aromatic N) is 3. The molecule has 0 saturated heterocycles. The molecule has 2 N–H and O–H groups in total. The summed E-state index contributed by atoms with van der Waals surface area (Å²) in [6.45, 7) is 1.22. The zero-order valence-electron chi connectivity index (χ0n) is 16.6. The Kier molecular flexibility index (Phi) is 6.86. The highest BCUT2D eigenvalue weighted by atomic mass is 19.4. The molecule has 1 aliphatic heterocycles. The van der Waals surface area contributed by atoms with Crippen molar-refractivity contribution in [2.45, 2.75) is 19.0 Å². The van der Waals surface area contributed by atoms with Crippen LogP contribution in [0.1, 0.15) is 21.6 Å². The molecule has 1 amide bonds. The molecular weight excluding hydrogens is 432 g/mol.